The Morgan fingerprint density at radius 3 is 1.98 bits per heavy atom. The first-order valence-corrected chi connectivity index (χ1v) is 19.0. The van der Waals surface area contributed by atoms with Gasteiger partial charge in [-0.25, -0.2) is 0 Å². The highest BCUT2D eigenvalue weighted by Crippen LogP contribution is 2.52. The normalized spacial score (nSPS) is 12.2. The molecule has 2 aromatic heterocycles. The predicted octanol–water partition coefficient (Wildman–Crippen LogP) is 14.6. The molecule has 0 saturated carbocycles. The Kier molecular flexibility index (Phi) is 5.96. The van der Waals surface area contributed by atoms with Crippen molar-refractivity contribution in [2.24, 2.45) is 0 Å². The molecule has 246 valence electrons. The van der Waals surface area contributed by atoms with Gasteiger partial charge in [0.2, 0.25) is 0 Å². The molecule has 0 unspecified atom stereocenters. The van der Waals surface area contributed by atoms with E-state index in [2.05, 4.69) is 191 Å². The third-order valence-corrected chi connectivity index (χ3v) is 12.4. The van der Waals surface area contributed by atoms with Crippen LogP contribution < -0.4 is 4.90 Å². The van der Waals surface area contributed by atoms with Gasteiger partial charge in [0, 0.05) is 53.7 Å². The summed E-state index contributed by atoms with van der Waals surface area (Å²) in [5.41, 5.74) is 12.2. The summed E-state index contributed by atoms with van der Waals surface area (Å²) in [4.78, 5) is 2.46. The van der Waals surface area contributed by atoms with Gasteiger partial charge < -0.3 is 9.47 Å². The lowest BCUT2D eigenvalue weighted by Crippen LogP contribution is -2.10. The zero-order valence-corrected chi connectivity index (χ0v) is 29.4. The number of fused-ring (bicyclic) bond motifs is 11. The van der Waals surface area contributed by atoms with E-state index in [0.717, 1.165) is 22.7 Å². The van der Waals surface area contributed by atoms with Crippen LogP contribution in [-0.2, 0) is 0 Å². The summed E-state index contributed by atoms with van der Waals surface area (Å²) in [6, 6.07) is 67.3. The second kappa shape index (κ2) is 10.9. The van der Waals surface area contributed by atoms with Gasteiger partial charge in [-0.15, -0.1) is 11.3 Å². The third kappa shape index (κ3) is 4.14. The van der Waals surface area contributed by atoms with Crippen LogP contribution in [0, 0.1) is 0 Å². The van der Waals surface area contributed by atoms with Crippen LogP contribution in [0.25, 0.3) is 91.5 Å². The predicted molar refractivity (Wildman–Crippen MR) is 228 cm³/mol. The van der Waals surface area contributed by atoms with Crippen molar-refractivity contribution in [1.82, 2.24) is 4.57 Å². The van der Waals surface area contributed by atoms with Crippen molar-refractivity contribution in [2.45, 2.75) is 0 Å². The van der Waals surface area contributed by atoms with E-state index in [1.807, 2.05) is 11.3 Å². The van der Waals surface area contributed by atoms with Gasteiger partial charge in [0.25, 0.3) is 0 Å². The van der Waals surface area contributed by atoms with E-state index in [4.69, 9.17) is 0 Å². The molecule has 0 saturated heterocycles. The van der Waals surface area contributed by atoms with E-state index >= 15 is 0 Å². The average molecular weight is 691 g/mol. The average Bonchev–Trinajstić information content (AvgIpc) is 3.87. The van der Waals surface area contributed by atoms with Crippen LogP contribution in [-0.4, -0.2) is 4.57 Å². The van der Waals surface area contributed by atoms with Gasteiger partial charge in [-0.05, 0) is 117 Å². The summed E-state index contributed by atoms with van der Waals surface area (Å²) in [7, 11) is 0. The molecule has 0 spiro atoms. The fraction of sp³-hybridized carbons (Fsp3) is 0. The number of thiophene rings is 1. The van der Waals surface area contributed by atoms with Gasteiger partial charge in [0.05, 0.1) is 11.0 Å². The molecule has 0 atom stereocenters. The molecular formula is C50H30N2S. The second-order valence-electron chi connectivity index (χ2n) is 14.1. The molecule has 9 aromatic carbocycles. The molecule has 0 aliphatic heterocycles. The molecule has 2 heterocycles. The van der Waals surface area contributed by atoms with Crippen molar-refractivity contribution < 1.29 is 0 Å². The molecule has 12 rings (SSSR count). The minimum absolute atomic E-state index is 1.13. The number of para-hydroxylation sites is 2. The van der Waals surface area contributed by atoms with Gasteiger partial charge in [-0.2, -0.15) is 0 Å². The van der Waals surface area contributed by atoms with E-state index in [1.165, 1.54) is 85.8 Å². The van der Waals surface area contributed by atoms with Crippen LogP contribution >= 0.6 is 11.3 Å². The van der Waals surface area contributed by atoms with E-state index in [9.17, 15) is 0 Å². The Morgan fingerprint density at radius 1 is 0.377 bits per heavy atom. The maximum atomic E-state index is 2.46. The lowest BCUT2D eigenvalue weighted by molar-refractivity contribution is 1.18. The number of hydrogen-bond donors (Lipinski definition) is 0. The first-order chi connectivity index (χ1) is 26.3. The fourth-order valence-corrected chi connectivity index (χ4v) is 10.1. The highest BCUT2D eigenvalue weighted by molar-refractivity contribution is 7.25. The molecule has 1 aliphatic rings. The molecule has 0 amide bonds. The van der Waals surface area contributed by atoms with Crippen LogP contribution in [0.4, 0.5) is 17.1 Å². The van der Waals surface area contributed by atoms with E-state index in [-0.39, 0.29) is 0 Å². The van der Waals surface area contributed by atoms with Gasteiger partial charge in [0.1, 0.15) is 0 Å². The number of rotatable bonds is 4. The second-order valence-corrected chi connectivity index (χ2v) is 15.2. The molecule has 2 nitrogen and oxygen atoms in total. The molecule has 1 aliphatic carbocycles. The molecule has 0 fully saturated rings. The summed E-state index contributed by atoms with van der Waals surface area (Å²) >= 11 is 1.87. The van der Waals surface area contributed by atoms with Gasteiger partial charge in [-0.3, -0.25) is 0 Å². The molecule has 3 heteroatoms. The van der Waals surface area contributed by atoms with E-state index in [1.54, 1.807) is 0 Å². The maximum absolute atomic E-state index is 2.46. The van der Waals surface area contributed by atoms with Gasteiger partial charge in [0.15, 0.2) is 0 Å². The fourth-order valence-electron chi connectivity index (χ4n) is 9.00. The maximum Gasteiger partial charge on any atom is 0.0542 e. The van der Waals surface area contributed by atoms with Crippen LogP contribution in [0.5, 0.6) is 0 Å². The molecule has 11 aromatic rings. The van der Waals surface area contributed by atoms with Crippen molar-refractivity contribution in [1.29, 1.82) is 0 Å². The lowest BCUT2D eigenvalue weighted by Gasteiger charge is -2.26. The smallest absolute Gasteiger partial charge is 0.0542 e. The Hall–Kier alpha value is -6.68. The van der Waals surface area contributed by atoms with Gasteiger partial charge >= 0.3 is 0 Å². The third-order valence-electron chi connectivity index (χ3n) is 11.3. The standard InChI is InChI=1S/C50H30N2S/c1-2-13-33(14-3-1)52-45-19-8-6-16-39(45)43-28-35(23-26-46(43)52)51(36-22-25-41-40-17-7-9-20-47(40)53-48(41)30-36)34-21-24-38-42-18-10-12-32-27-31-11-4-5-15-37(31)50(49(32)42)44(38)29-34/h1-30H. The summed E-state index contributed by atoms with van der Waals surface area (Å²) in [6.45, 7) is 0. The summed E-state index contributed by atoms with van der Waals surface area (Å²) in [5.74, 6) is 0. The van der Waals surface area contributed by atoms with Crippen molar-refractivity contribution >= 4 is 91.9 Å². The molecular weight excluding hydrogens is 661 g/mol. The number of aromatic nitrogens is 1. The van der Waals surface area contributed by atoms with Gasteiger partial charge in [-0.1, -0.05) is 109 Å². The first-order valence-electron chi connectivity index (χ1n) is 18.2. The highest BCUT2D eigenvalue weighted by Gasteiger charge is 2.26. The monoisotopic (exact) mass is 690 g/mol. The van der Waals surface area contributed by atoms with Crippen molar-refractivity contribution in [3.05, 3.63) is 182 Å². The largest absolute Gasteiger partial charge is 0.310 e. The summed E-state index contributed by atoms with van der Waals surface area (Å²) < 4.78 is 5.00. The van der Waals surface area contributed by atoms with Crippen LogP contribution in [0.15, 0.2) is 182 Å². The van der Waals surface area contributed by atoms with Crippen LogP contribution in [0.3, 0.4) is 0 Å². The zero-order valence-electron chi connectivity index (χ0n) is 28.6. The SMILES string of the molecule is c1ccc(-n2c3ccccc3c3cc(N(c4ccc5c(c4)-c4c6ccccc6cc6cccc-5c46)c4ccc5c(c4)sc4ccccc45)ccc32)cc1. The Bertz CT molecular complexity index is 3290. The number of hydrogen-bond acceptors (Lipinski definition) is 2. The molecule has 53 heavy (non-hydrogen) atoms. The van der Waals surface area contributed by atoms with Crippen LogP contribution in [0.1, 0.15) is 0 Å². The minimum atomic E-state index is 1.13. The number of nitrogens with zero attached hydrogens (tertiary/aromatic N) is 2. The van der Waals surface area contributed by atoms with E-state index in [0.29, 0.717) is 0 Å². The number of benzene rings is 9. The lowest BCUT2D eigenvalue weighted by atomic mass is 9.95. The van der Waals surface area contributed by atoms with Crippen LogP contribution in [0.2, 0.25) is 0 Å². The van der Waals surface area contributed by atoms with E-state index < -0.39 is 0 Å². The van der Waals surface area contributed by atoms with Crippen molar-refractivity contribution in [3.63, 3.8) is 0 Å². The van der Waals surface area contributed by atoms with Crippen molar-refractivity contribution in [3.8, 4) is 27.9 Å². The molecule has 0 bridgehead atoms. The Labute approximate surface area is 310 Å². The quantitative estimate of drug-likeness (QED) is 0.167. The summed E-state index contributed by atoms with van der Waals surface area (Å²) in [5, 5.41) is 10.3. The Morgan fingerprint density at radius 2 is 1.06 bits per heavy atom. The highest BCUT2D eigenvalue weighted by atomic mass is 32.1. The minimum Gasteiger partial charge on any atom is -0.310 e. The topological polar surface area (TPSA) is 8.17 Å². The Balaban J connectivity index is 1.12. The van der Waals surface area contributed by atoms with Crippen molar-refractivity contribution in [2.75, 3.05) is 4.90 Å². The molecule has 0 radical (unpaired) electrons. The zero-order chi connectivity index (χ0) is 34.6. The first kappa shape index (κ1) is 29.0. The summed E-state index contributed by atoms with van der Waals surface area (Å²) in [6.07, 6.45) is 0. The number of anilines is 3. The molecule has 0 N–H and O–H groups in total.